The summed E-state index contributed by atoms with van der Waals surface area (Å²) in [5.41, 5.74) is 8.54. The Morgan fingerprint density at radius 2 is 1.20 bits per heavy atom. The second-order valence-electron chi connectivity index (χ2n) is 4.88. The summed E-state index contributed by atoms with van der Waals surface area (Å²) in [6.07, 6.45) is 5.80. The molecule has 0 saturated carbocycles. The molecular weight excluding hydrogens is 252 g/mol. The molecule has 6 heteroatoms. The van der Waals surface area contributed by atoms with Gasteiger partial charge in [0.05, 0.1) is 0 Å². The fourth-order valence-electron chi connectivity index (χ4n) is 2.41. The number of hydrogen-bond acceptors (Lipinski definition) is 6. The third-order valence-corrected chi connectivity index (χ3v) is 3.52. The first-order valence-electron chi connectivity index (χ1n) is 7.02. The van der Waals surface area contributed by atoms with Gasteiger partial charge in [-0.1, -0.05) is 0 Å². The van der Waals surface area contributed by atoms with Gasteiger partial charge in [-0.05, 0) is 24.3 Å². The Morgan fingerprint density at radius 1 is 0.750 bits per heavy atom. The van der Waals surface area contributed by atoms with Crippen molar-refractivity contribution >= 4 is 23.8 Å². The van der Waals surface area contributed by atoms with E-state index in [0.29, 0.717) is 0 Å². The highest BCUT2D eigenvalue weighted by Gasteiger charge is 2.10. The molecule has 0 fully saturated rings. The number of nitrogens with zero attached hydrogens (tertiary/aromatic N) is 4. The minimum absolute atomic E-state index is 0.759. The predicted molar refractivity (Wildman–Crippen MR) is 83.4 cm³/mol. The van der Waals surface area contributed by atoms with Crippen LogP contribution >= 0.6 is 0 Å². The van der Waals surface area contributed by atoms with E-state index in [1.807, 2.05) is 12.4 Å². The van der Waals surface area contributed by atoms with Crippen molar-refractivity contribution in [2.45, 2.75) is 12.8 Å². The molecule has 1 aromatic carbocycles. The zero-order valence-electron chi connectivity index (χ0n) is 11.5. The fourth-order valence-corrected chi connectivity index (χ4v) is 2.41. The molecule has 2 aliphatic heterocycles. The van der Waals surface area contributed by atoms with Crippen LogP contribution < -0.4 is 20.7 Å². The standard InChI is InChI=1S/C14H20N6/c1-7-15-17-11-19(9-1)13-3-5-14(6-4-13)20-10-2-8-16-18-12-20/h3-8,17-18H,1-2,9-12H2. The Labute approximate surface area is 119 Å². The van der Waals surface area contributed by atoms with Crippen molar-refractivity contribution in [3.63, 3.8) is 0 Å². The maximum atomic E-state index is 4.10. The number of benzene rings is 1. The van der Waals surface area contributed by atoms with Gasteiger partial charge in [0, 0.05) is 49.7 Å². The minimum Gasteiger partial charge on any atom is -0.352 e. The summed E-state index contributed by atoms with van der Waals surface area (Å²) in [5, 5.41) is 8.20. The zero-order chi connectivity index (χ0) is 13.6. The van der Waals surface area contributed by atoms with Crippen molar-refractivity contribution in [3.8, 4) is 0 Å². The minimum atomic E-state index is 0.759. The summed E-state index contributed by atoms with van der Waals surface area (Å²) in [5.74, 6) is 0. The van der Waals surface area contributed by atoms with Gasteiger partial charge in [0.15, 0.2) is 0 Å². The average Bonchev–Trinajstić information content (AvgIpc) is 2.92. The molecule has 6 nitrogen and oxygen atoms in total. The molecule has 106 valence electrons. The van der Waals surface area contributed by atoms with Crippen LogP contribution in [0.5, 0.6) is 0 Å². The Balaban J connectivity index is 1.67. The maximum absolute atomic E-state index is 4.10. The monoisotopic (exact) mass is 272 g/mol. The van der Waals surface area contributed by atoms with Gasteiger partial charge in [0.25, 0.3) is 0 Å². The lowest BCUT2D eigenvalue weighted by atomic mass is 10.2. The quantitative estimate of drug-likeness (QED) is 0.848. The molecule has 0 aromatic heterocycles. The molecule has 3 rings (SSSR count). The SMILES string of the molecule is C1=NNCN(c2ccc(N3CCC=NNC3)cc2)CC1. The first-order valence-corrected chi connectivity index (χ1v) is 7.02. The summed E-state index contributed by atoms with van der Waals surface area (Å²) in [6.45, 7) is 3.51. The summed E-state index contributed by atoms with van der Waals surface area (Å²) in [6, 6.07) is 8.70. The van der Waals surface area contributed by atoms with Crippen LogP contribution in [0, 0.1) is 0 Å². The Morgan fingerprint density at radius 3 is 1.65 bits per heavy atom. The van der Waals surface area contributed by atoms with E-state index < -0.39 is 0 Å². The maximum Gasteiger partial charge on any atom is 0.104 e. The number of hydrazone groups is 2. The molecule has 0 saturated heterocycles. The van der Waals surface area contributed by atoms with Crippen LogP contribution in [0.3, 0.4) is 0 Å². The smallest absolute Gasteiger partial charge is 0.104 e. The van der Waals surface area contributed by atoms with E-state index in [2.05, 4.69) is 55.1 Å². The third kappa shape index (κ3) is 3.01. The first-order chi connectivity index (χ1) is 9.93. The molecule has 0 amide bonds. The zero-order valence-corrected chi connectivity index (χ0v) is 11.5. The molecular formula is C14H20N6. The highest BCUT2D eigenvalue weighted by atomic mass is 15.4. The average molecular weight is 272 g/mol. The highest BCUT2D eigenvalue weighted by Crippen LogP contribution is 2.21. The van der Waals surface area contributed by atoms with E-state index in [1.165, 1.54) is 11.4 Å². The largest absolute Gasteiger partial charge is 0.352 e. The van der Waals surface area contributed by atoms with Crippen molar-refractivity contribution < 1.29 is 0 Å². The summed E-state index contributed by atoms with van der Waals surface area (Å²) in [7, 11) is 0. The second-order valence-corrected chi connectivity index (χ2v) is 4.88. The number of rotatable bonds is 2. The van der Waals surface area contributed by atoms with Crippen molar-refractivity contribution in [2.75, 3.05) is 36.2 Å². The number of hydrogen-bond donors (Lipinski definition) is 2. The topological polar surface area (TPSA) is 55.3 Å². The molecule has 20 heavy (non-hydrogen) atoms. The molecule has 0 spiro atoms. The summed E-state index contributed by atoms with van der Waals surface area (Å²) in [4.78, 5) is 4.58. The summed E-state index contributed by atoms with van der Waals surface area (Å²) < 4.78 is 0. The van der Waals surface area contributed by atoms with E-state index in [1.54, 1.807) is 0 Å². The third-order valence-electron chi connectivity index (χ3n) is 3.52. The van der Waals surface area contributed by atoms with E-state index in [4.69, 9.17) is 0 Å². The molecule has 2 aliphatic rings. The molecule has 0 aliphatic carbocycles. The Hall–Kier alpha value is -2.24. The van der Waals surface area contributed by atoms with Gasteiger partial charge in [-0.25, -0.2) is 0 Å². The molecule has 0 unspecified atom stereocenters. The van der Waals surface area contributed by atoms with Crippen molar-refractivity contribution in [1.82, 2.24) is 10.9 Å². The Kier molecular flexibility index (Phi) is 4.01. The number of nitrogens with one attached hydrogen (secondary N) is 2. The first kappa shape index (κ1) is 12.8. The van der Waals surface area contributed by atoms with Crippen molar-refractivity contribution in [2.24, 2.45) is 10.2 Å². The van der Waals surface area contributed by atoms with E-state index in [0.717, 1.165) is 39.3 Å². The molecule has 1 aromatic rings. The Bertz CT molecular complexity index is 416. The highest BCUT2D eigenvalue weighted by molar-refractivity contribution is 5.62. The van der Waals surface area contributed by atoms with Crippen LogP contribution in [0.15, 0.2) is 34.5 Å². The van der Waals surface area contributed by atoms with Crippen LogP contribution in [0.4, 0.5) is 11.4 Å². The molecule has 0 radical (unpaired) electrons. The lowest BCUT2D eigenvalue weighted by Gasteiger charge is -2.25. The molecule has 2 N–H and O–H groups in total. The van der Waals surface area contributed by atoms with Crippen LogP contribution in [0.1, 0.15) is 12.8 Å². The number of anilines is 2. The fraction of sp³-hybridized carbons (Fsp3) is 0.429. The van der Waals surface area contributed by atoms with Gasteiger partial charge < -0.3 is 9.80 Å². The normalized spacial score (nSPS) is 19.0. The van der Waals surface area contributed by atoms with E-state index in [-0.39, 0.29) is 0 Å². The van der Waals surface area contributed by atoms with Crippen LogP contribution in [-0.4, -0.2) is 38.9 Å². The summed E-state index contributed by atoms with van der Waals surface area (Å²) >= 11 is 0. The van der Waals surface area contributed by atoms with Gasteiger partial charge in [0.1, 0.15) is 13.3 Å². The van der Waals surface area contributed by atoms with Gasteiger partial charge >= 0.3 is 0 Å². The molecule has 0 bridgehead atoms. The lowest BCUT2D eigenvalue weighted by Crippen LogP contribution is -2.32. The van der Waals surface area contributed by atoms with Gasteiger partial charge in [-0.15, -0.1) is 0 Å². The van der Waals surface area contributed by atoms with E-state index >= 15 is 0 Å². The van der Waals surface area contributed by atoms with Gasteiger partial charge in [-0.3, -0.25) is 10.9 Å². The van der Waals surface area contributed by atoms with Gasteiger partial charge in [0.2, 0.25) is 0 Å². The molecule has 2 heterocycles. The van der Waals surface area contributed by atoms with Crippen molar-refractivity contribution in [3.05, 3.63) is 24.3 Å². The van der Waals surface area contributed by atoms with Gasteiger partial charge in [-0.2, -0.15) is 10.2 Å². The van der Waals surface area contributed by atoms with Crippen molar-refractivity contribution in [1.29, 1.82) is 0 Å². The van der Waals surface area contributed by atoms with Crippen LogP contribution in [0.25, 0.3) is 0 Å². The van der Waals surface area contributed by atoms with E-state index in [9.17, 15) is 0 Å². The predicted octanol–water partition coefficient (Wildman–Crippen LogP) is 1.17. The molecule has 0 atom stereocenters. The van der Waals surface area contributed by atoms with Crippen LogP contribution in [0.2, 0.25) is 0 Å². The second kappa shape index (κ2) is 6.27. The van der Waals surface area contributed by atoms with Crippen LogP contribution in [-0.2, 0) is 0 Å². The lowest BCUT2D eigenvalue weighted by molar-refractivity contribution is 0.701.